The second-order valence-electron chi connectivity index (χ2n) is 5.40. The van der Waals surface area contributed by atoms with Gasteiger partial charge in [-0.05, 0) is 24.3 Å². The molecule has 4 rings (SSSR count). The molecule has 142 valence electrons. The van der Waals surface area contributed by atoms with Gasteiger partial charge in [-0.15, -0.1) is 10.2 Å². The maximum atomic E-state index is 5.81. The molecule has 0 unspecified atom stereocenters. The van der Waals surface area contributed by atoms with Crippen LogP contribution in [0.1, 0.15) is 5.82 Å². The predicted molar refractivity (Wildman–Crippen MR) is 102 cm³/mol. The number of ether oxygens (including phenoxy) is 1. The topological polar surface area (TPSA) is 138 Å². The van der Waals surface area contributed by atoms with Crippen LogP contribution in [0.15, 0.2) is 56.7 Å². The number of thioether (sulfide) groups is 1. The molecule has 0 spiro atoms. The Morgan fingerprint density at radius 3 is 2.82 bits per heavy atom. The fourth-order valence-corrected chi connectivity index (χ4v) is 2.94. The highest BCUT2D eigenvalue weighted by molar-refractivity contribution is 7.98. The lowest BCUT2D eigenvalue weighted by atomic mass is 10.3. The predicted octanol–water partition coefficient (Wildman–Crippen LogP) is 3.14. The van der Waals surface area contributed by atoms with Gasteiger partial charge in [-0.25, -0.2) is 0 Å². The lowest BCUT2D eigenvalue weighted by Gasteiger charge is -2.10. The zero-order valence-electron chi connectivity index (χ0n) is 14.7. The molecule has 28 heavy (non-hydrogen) atoms. The van der Waals surface area contributed by atoms with Crippen LogP contribution in [-0.4, -0.2) is 32.3 Å². The maximum absolute atomic E-state index is 5.81. The summed E-state index contributed by atoms with van der Waals surface area (Å²) in [5, 5.41) is 11.4. The van der Waals surface area contributed by atoms with Gasteiger partial charge in [0.15, 0.2) is 5.76 Å². The van der Waals surface area contributed by atoms with Crippen molar-refractivity contribution in [3.05, 3.63) is 48.5 Å². The molecule has 0 radical (unpaired) electrons. The molecule has 0 aliphatic carbocycles. The minimum atomic E-state index is 0.102. The summed E-state index contributed by atoms with van der Waals surface area (Å²) in [6.45, 7) is 0. The van der Waals surface area contributed by atoms with E-state index in [1.165, 1.54) is 18.0 Å². The van der Waals surface area contributed by atoms with Gasteiger partial charge in [0.1, 0.15) is 11.6 Å². The van der Waals surface area contributed by atoms with Gasteiger partial charge < -0.3 is 24.6 Å². The molecule has 3 N–H and O–H groups in total. The smallest absolute Gasteiger partial charge is 0.284 e. The molecule has 0 bridgehead atoms. The van der Waals surface area contributed by atoms with Crippen molar-refractivity contribution in [2.24, 2.45) is 0 Å². The summed E-state index contributed by atoms with van der Waals surface area (Å²) in [7, 11) is 1.59. The highest BCUT2D eigenvalue weighted by atomic mass is 32.2. The Balaban J connectivity index is 1.47. The molecular weight excluding hydrogens is 382 g/mol. The third-order valence-corrected chi connectivity index (χ3v) is 4.33. The van der Waals surface area contributed by atoms with Crippen LogP contribution < -0.4 is 15.8 Å². The van der Waals surface area contributed by atoms with Crippen LogP contribution in [0.25, 0.3) is 11.7 Å². The van der Waals surface area contributed by atoms with E-state index in [9.17, 15) is 0 Å². The molecule has 0 fully saturated rings. The van der Waals surface area contributed by atoms with Gasteiger partial charge in [0, 0.05) is 0 Å². The van der Waals surface area contributed by atoms with Crippen molar-refractivity contribution >= 4 is 29.3 Å². The maximum Gasteiger partial charge on any atom is 0.284 e. The molecule has 11 heteroatoms. The van der Waals surface area contributed by atoms with Crippen molar-refractivity contribution in [3.8, 4) is 17.4 Å². The fourth-order valence-electron chi connectivity index (χ4n) is 2.32. The Labute approximate surface area is 163 Å². The van der Waals surface area contributed by atoms with Crippen LogP contribution >= 0.6 is 11.8 Å². The number of para-hydroxylation sites is 2. The lowest BCUT2D eigenvalue weighted by molar-refractivity contribution is 0.417. The van der Waals surface area contributed by atoms with E-state index in [0.717, 1.165) is 0 Å². The van der Waals surface area contributed by atoms with E-state index in [1.807, 2.05) is 24.3 Å². The standard InChI is InChI=1S/C17H15N7O3S/c1-25-11-6-3-2-5-10(11)19-16-21-13(20-15(18)22-16)9-28-17-24-23-14(27-17)12-7-4-8-26-12/h2-8H,9H2,1H3,(H3,18,19,20,21,22). The number of rotatable bonds is 7. The van der Waals surface area contributed by atoms with Gasteiger partial charge in [0.05, 0.1) is 24.8 Å². The molecule has 3 aromatic heterocycles. The number of hydrogen-bond donors (Lipinski definition) is 2. The number of hydrogen-bond acceptors (Lipinski definition) is 11. The molecule has 0 aliphatic heterocycles. The van der Waals surface area contributed by atoms with E-state index in [-0.39, 0.29) is 5.95 Å². The van der Waals surface area contributed by atoms with Crippen molar-refractivity contribution in [3.63, 3.8) is 0 Å². The van der Waals surface area contributed by atoms with Gasteiger partial charge in [-0.1, -0.05) is 23.9 Å². The van der Waals surface area contributed by atoms with Crippen LogP contribution in [0.4, 0.5) is 17.6 Å². The minimum absolute atomic E-state index is 0.102. The van der Waals surface area contributed by atoms with Crippen LogP contribution in [0.2, 0.25) is 0 Å². The number of nitrogens with one attached hydrogen (secondary N) is 1. The number of benzene rings is 1. The molecule has 0 saturated carbocycles. The van der Waals surface area contributed by atoms with E-state index in [2.05, 4.69) is 30.5 Å². The Morgan fingerprint density at radius 1 is 1.11 bits per heavy atom. The molecule has 0 aliphatic rings. The third kappa shape index (κ3) is 4.04. The molecule has 3 heterocycles. The summed E-state index contributed by atoms with van der Waals surface area (Å²) < 4.78 is 16.1. The average molecular weight is 397 g/mol. The normalized spacial score (nSPS) is 10.8. The highest BCUT2D eigenvalue weighted by Gasteiger charge is 2.13. The number of furan rings is 1. The van der Waals surface area contributed by atoms with Crippen molar-refractivity contribution in [1.29, 1.82) is 0 Å². The quantitative estimate of drug-likeness (QED) is 0.445. The van der Waals surface area contributed by atoms with Gasteiger partial charge >= 0.3 is 0 Å². The van der Waals surface area contributed by atoms with Crippen molar-refractivity contribution in [2.45, 2.75) is 11.0 Å². The van der Waals surface area contributed by atoms with Gasteiger partial charge in [-0.2, -0.15) is 15.0 Å². The van der Waals surface area contributed by atoms with Crippen molar-refractivity contribution in [2.75, 3.05) is 18.2 Å². The van der Waals surface area contributed by atoms with Crippen LogP contribution in [0.3, 0.4) is 0 Å². The molecule has 4 aromatic rings. The number of anilines is 3. The number of aromatic nitrogens is 5. The van der Waals surface area contributed by atoms with E-state index in [4.69, 9.17) is 19.3 Å². The van der Waals surface area contributed by atoms with Crippen molar-refractivity contribution < 1.29 is 13.6 Å². The SMILES string of the molecule is COc1ccccc1Nc1nc(N)nc(CSc2nnc(-c3ccco3)o2)n1. The molecule has 0 atom stereocenters. The van der Waals surface area contributed by atoms with Crippen LogP contribution in [0, 0.1) is 0 Å². The zero-order chi connectivity index (χ0) is 19.3. The van der Waals surface area contributed by atoms with E-state index < -0.39 is 0 Å². The van der Waals surface area contributed by atoms with E-state index in [0.29, 0.717) is 45.8 Å². The number of nitrogens with zero attached hydrogens (tertiary/aromatic N) is 5. The Hall–Kier alpha value is -3.60. The number of nitrogens with two attached hydrogens (primary N) is 1. The third-order valence-electron chi connectivity index (χ3n) is 3.52. The summed E-state index contributed by atoms with van der Waals surface area (Å²) in [5.41, 5.74) is 6.53. The Bertz CT molecular complexity index is 1070. The molecule has 10 nitrogen and oxygen atoms in total. The van der Waals surface area contributed by atoms with Crippen LogP contribution in [0.5, 0.6) is 5.75 Å². The Morgan fingerprint density at radius 2 is 2.00 bits per heavy atom. The number of methoxy groups -OCH3 is 1. The molecule has 0 amide bonds. The van der Waals surface area contributed by atoms with Crippen molar-refractivity contribution in [1.82, 2.24) is 25.1 Å². The fraction of sp³-hybridized carbons (Fsp3) is 0.118. The van der Waals surface area contributed by atoms with Gasteiger partial charge in [0.2, 0.25) is 11.9 Å². The highest BCUT2D eigenvalue weighted by Crippen LogP contribution is 2.27. The average Bonchev–Trinajstić information content (AvgIpc) is 3.38. The summed E-state index contributed by atoms with van der Waals surface area (Å²) >= 11 is 1.28. The Kier molecular flexibility index (Phi) is 5.06. The minimum Gasteiger partial charge on any atom is -0.495 e. The second-order valence-corrected chi connectivity index (χ2v) is 6.32. The molecule has 1 aromatic carbocycles. The first-order valence-corrected chi connectivity index (χ1v) is 9.10. The van der Waals surface area contributed by atoms with Gasteiger partial charge in [0.25, 0.3) is 11.1 Å². The summed E-state index contributed by atoms with van der Waals surface area (Å²) in [5.74, 6) is 2.72. The lowest BCUT2D eigenvalue weighted by Crippen LogP contribution is -2.07. The first-order chi connectivity index (χ1) is 13.7. The van der Waals surface area contributed by atoms with E-state index in [1.54, 1.807) is 19.2 Å². The van der Waals surface area contributed by atoms with E-state index >= 15 is 0 Å². The van der Waals surface area contributed by atoms with Crippen LogP contribution in [-0.2, 0) is 5.75 Å². The largest absolute Gasteiger partial charge is 0.495 e. The number of nitrogen functional groups attached to an aromatic ring is 1. The first-order valence-electron chi connectivity index (χ1n) is 8.12. The monoisotopic (exact) mass is 397 g/mol. The first kappa shape index (κ1) is 17.8. The molecule has 0 saturated heterocycles. The summed E-state index contributed by atoms with van der Waals surface area (Å²) in [6, 6.07) is 10.9. The second kappa shape index (κ2) is 7.96. The summed E-state index contributed by atoms with van der Waals surface area (Å²) in [4.78, 5) is 12.6. The summed E-state index contributed by atoms with van der Waals surface area (Å²) in [6.07, 6.45) is 1.54. The van der Waals surface area contributed by atoms with Gasteiger partial charge in [-0.3, -0.25) is 0 Å². The zero-order valence-corrected chi connectivity index (χ0v) is 15.5. The molecular formula is C17H15N7O3S.